The molecule has 0 spiro atoms. The second-order valence-electron chi connectivity index (χ2n) is 6.04. The fourth-order valence-electron chi connectivity index (χ4n) is 2.79. The van der Waals surface area contributed by atoms with Crippen LogP contribution < -0.4 is 4.74 Å². The van der Waals surface area contributed by atoms with Crippen LogP contribution in [-0.4, -0.2) is 39.9 Å². The number of ether oxygens (including phenoxy) is 2. The van der Waals surface area contributed by atoms with Crippen molar-refractivity contribution in [2.24, 2.45) is 0 Å². The van der Waals surface area contributed by atoms with Gasteiger partial charge in [-0.05, 0) is 32.0 Å². The number of esters is 1. The number of carbonyl (C=O) groups is 1. The monoisotopic (exact) mass is 423 g/mol. The molecule has 0 saturated carbocycles. The maximum atomic E-state index is 13.9. The van der Waals surface area contributed by atoms with Gasteiger partial charge in [0.05, 0.1) is 30.4 Å². The number of benzene rings is 1. The van der Waals surface area contributed by atoms with E-state index in [1.165, 1.54) is 39.2 Å². The molecule has 0 atom stereocenters. The molecule has 2 aromatic heterocycles. The maximum Gasteiger partial charge on any atom is 0.418 e. The average Bonchev–Trinajstić information content (AvgIpc) is 3.17. The summed E-state index contributed by atoms with van der Waals surface area (Å²) >= 11 is 0. The molecule has 0 fully saturated rings. The third kappa shape index (κ3) is 3.91. The highest BCUT2D eigenvalue weighted by Crippen LogP contribution is 2.40. The Balaban J connectivity index is 2.17. The van der Waals surface area contributed by atoms with Crippen molar-refractivity contribution in [1.82, 2.24) is 15.1 Å². The van der Waals surface area contributed by atoms with Crippen LogP contribution >= 0.6 is 0 Å². The van der Waals surface area contributed by atoms with Crippen molar-refractivity contribution < 1.29 is 37.1 Å². The number of hydrogen-bond donors (Lipinski definition) is 1. The molecule has 0 radical (unpaired) electrons. The number of aromatic nitrogens is 3. The van der Waals surface area contributed by atoms with Gasteiger partial charge in [0.15, 0.2) is 11.5 Å². The van der Waals surface area contributed by atoms with Gasteiger partial charge in [-0.3, -0.25) is 4.98 Å². The van der Waals surface area contributed by atoms with Gasteiger partial charge in [-0.1, -0.05) is 5.16 Å². The van der Waals surface area contributed by atoms with Crippen LogP contribution in [0.3, 0.4) is 0 Å². The molecule has 3 aromatic rings. The van der Waals surface area contributed by atoms with Gasteiger partial charge >= 0.3 is 12.1 Å². The number of alkyl halides is 3. The van der Waals surface area contributed by atoms with Crippen LogP contribution in [0, 0.1) is 6.92 Å². The molecule has 158 valence electrons. The molecule has 0 aliphatic rings. The lowest BCUT2D eigenvalue weighted by atomic mass is 10.00. The predicted molar refractivity (Wildman–Crippen MR) is 96.9 cm³/mol. The van der Waals surface area contributed by atoms with Crippen LogP contribution in [0.4, 0.5) is 13.2 Å². The zero-order valence-corrected chi connectivity index (χ0v) is 16.1. The number of nitrogens with zero attached hydrogens (tertiary/aromatic N) is 3. The van der Waals surface area contributed by atoms with E-state index < -0.39 is 34.7 Å². The standard InChI is InChI=1S/C19H16F3N3O5/c1-4-29-18(27)11-8-23-9(2)14(15(11)19(20,21)22)16-24-17(30-25-16)10-5-6-12(26)13(7-10)28-3/h5-8,26H,4H2,1-3H3. The summed E-state index contributed by atoms with van der Waals surface area (Å²) in [6.45, 7) is 2.71. The Morgan fingerprint density at radius 1 is 1.30 bits per heavy atom. The van der Waals surface area contributed by atoms with Gasteiger partial charge in [0.25, 0.3) is 5.89 Å². The first-order chi connectivity index (χ1) is 14.2. The van der Waals surface area contributed by atoms with Crippen LogP contribution in [0.1, 0.15) is 28.5 Å². The van der Waals surface area contributed by atoms with Gasteiger partial charge in [-0.25, -0.2) is 4.79 Å². The minimum atomic E-state index is -4.91. The molecule has 0 unspecified atom stereocenters. The number of rotatable bonds is 5. The number of carbonyl (C=O) groups excluding carboxylic acids is 1. The number of aryl methyl sites for hydroxylation is 1. The Morgan fingerprint density at radius 3 is 2.67 bits per heavy atom. The highest BCUT2D eigenvalue weighted by atomic mass is 19.4. The quantitative estimate of drug-likeness (QED) is 0.613. The Labute approximate surface area is 168 Å². The minimum Gasteiger partial charge on any atom is -0.504 e. The van der Waals surface area contributed by atoms with Crippen molar-refractivity contribution >= 4 is 5.97 Å². The molecule has 30 heavy (non-hydrogen) atoms. The highest BCUT2D eigenvalue weighted by molar-refractivity contribution is 5.93. The zero-order valence-electron chi connectivity index (χ0n) is 16.1. The van der Waals surface area contributed by atoms with Gasteiger partial charge in [0, 0.05) is 17.5 Å². The van der Waals surface area contributed by atoms with Crippen molar-refractivity contribution in [3.8, 4) is 34.3 Å². The summed E-state index contributed by atoms with van der Waals surface area (Å²) in [4.78, 5) is 20.0. The smallest absolute Gasteiger partial charge is 0.418 e. The third-order valence-corrected chi connectivity index (χ3v) is 4.12. The highest BCUT2D eigenvalue weighted by Gasteiger charge is 2.41. The molecule has 2 heterocycles. The molecular formula is C19H16F3N3O5. The summed E-state index contributed by atoms with van der Waals surface area (Å²) in [5.41, 5.74) is -2.24. The van der Waals surface area contributed by atoms with Crippen molar-refractivity contribution in [2.75, 3.05) is 13.7 Å². The zero-order chi connectivity index (χ0) is 22.1. The minimum absolute atomic E-state index is 0.0500. The van der Waals surface area contributed by atoms with Crippen molar-refractivity contribution in [3.63, 3.8) is 0 Å². The van der Waals surface area contributed by atoms with Crippen LogP contribution in [0.2, 0.25) is 0 Å². The fraction of sp³-hybridized carbons (Fsp3) is 0.263. The number of phenolic OH excluding ortho intramolecular Hbond substituents is 1. The summed E-state index contributed by atoms with van der Waals surface area (Å²) < 4.78 is 56.5. The molecule has 0 aliphatic heterocycles. The topological polar surface area (TPSA) is 108 Å². The van der Waals surface area contributed by atoms with E-state index in [2.05, 4.69) is 15.1 Å². The molecule has 1 N–H and O–H groups in total. The summed E-state index contributed by atoms with van der Waals surface area (Å²) in [5, 5.41) is 13.3. The second kappa shape index (κ2) is 8.01. The average molecular weight is 423 g/mol. The first kappa shape index (κ1) is 21.1. The summed E-state index contributed by atoms with van der Waals surface area (Å²) in [7, 11) is 1.34. The number of pyridine rings is 1. The van der Waals surface area contributed by atoms with Crippen LogP contribution in [0.25, 0.3) is 22.8 Å². The van der Waals surface area contributed by atoms with E-state index in [0.717, 1.165) is 6.20 Å². The summed E-state index contributed by atoms with van der Waals surface area (Å²) in [5.74, 6) is -1.70. The van der Waals surface area contributed by atoms with Gasteiger partial charge in [0.1, 0.15) is 0 Å². The number of hydrogen-bond acceptors (Lipinski definition) is 8. The Bertz CT molecular complexity index is 1100. The van der Waals surface area contributed by atoms with Gasteiger partial charge in [-0.2, -0.15) is 18.2 Å². The second-order valence-corrected chi connectivity index (χ2v) is 6.04. The van der Waals surface area contributed by atoms with E-state index in [1.807, 2.05) is 0 Å². The molecule has 0 aliphatic carbocycles. The largest absolute Gasteiger partial charge is 0.504 e. The van der Waals surface area contributed by atoms with Crippen molar-refractivity contribution in [3.05, 3.63) is 41.2 Å². The summed E-state index contributed by atoms with van der Waals surface area (Å²) in [6, 6.07) is 4.13. The van der Waals surface area contributed by atoms with Crippen LogP contribution in [-0.2, 0) is 10.9 Å². The summed E-state index contributed by atoms with van der Waals surface area (Å²) in [6.07, 6.45) is -4.10. The predicted octanol–water partition coefficient (Wildman–Crippen LogP) is 4.02. The first-order valence-corrected chi connectivity index (χ1v) is 8.62. The number of phenols is 1. The molecule has 0 bridgehead atoms. The number of halogens is 3. The van der Waals surface area contributed by atoms with Crippen molar-refractivity contribution in [1.29, 1.82) is 0 Å². The lowest BCUT2D eigenvalue weighted by molar-refractivity contribution is -0.137. The first-order valence-electron chi connectivity index (χ1n) is 8.62. The van der Waals surface area contributed by atoms with E-state index in [4.69, 9.17) is 14.0 Å². The van der Waals surface area contributed by atoms with E-state index in [-0.39, 0.29) is 29.7 Å². The van der Waals surface area contributed by atoms with Gasteiger partial charge < -0.3 is 19.1 Å². The van der Waals surface area contributed by atoms with Crippen LogP contribution in [0.5, 0.6) is 11.5 Å². The molecule has 8 nitrogen and oxygen atoms in total. The molecule has 1 aromatic carbocycles. The van der Waals surface area contributed by atoms with Gasteiger partial charge in [-0.15, -0.1) is 0 Å². The molecule has 11 heteroatoms. The van der Waals surface area contributed by atoms with Crippen LogP contribution in [0.15, 0.2) is 28.9 Å². The van der Waals surface area contributed by atoms with Crippen molar-refractivity contribution in [2.45, 2.75) is 20.0 Å². The SMILES string of the molecule is CCOC(=O)c1cnc(C)c(-c2noc(-c3ccc(O)c(OC)c3)n2)c1C(F)(F)F. The molecule has 0 amide bonds. The van der Waals surface area contributed by atoms with E-state index in [1.54, 1.807) is 0 Å². The number of methoxy groups -OCH3 is 1. The normalized spacial score (nSPS) is 11.4. The Hall–Kier alpha value is -3.63. The van der Waals surface area contributed by atoms with E-state index in [0.29, 0.717) is 5.56 Å². The fourth-order valence-corrected chi connectivity index (χ4v) is 2.79. The third-order valence-electron chi connectivity index (χ3n) is 4.12. The molecule has 0 saturated heterocycles. The Morgan fingerprint density at radius 2 is 2.03 bits per heavy atom. The van der Waals surface area contributed by atoms with E-state index >= 15 is 0 Å². The lowest BCUT2D eigenvalue weighted by Gasteiger charge is -2.16. The molecular weight excluding hydrogens is 407 g/mol. The Kier molecular flexibility index (Phi) is 5.63. The number of aromatic hydroxyl groups is 1. The molecule has 3 rings (SSSR count). The maximum absolute atomic E-state index is 13.9. The lowest BCUT2D eigenvalue weighted by Crippen LogP contribution is -2.18. The van der Waals surface area contributed by atoms with Gasteiger partial charge in [0.2, 0.25) is 5.82 Å². The van der Waals surface area contributed by atoms with E-state index in [9.17, 15) is 23.1 Å².